The topological polar surface area (TPSA) is 47.6 Å². The summed E-state index contributed by atoms with van der Waals surface area (Å²) in [4.78, 5) is 11.9. The first-order chi connectivity index (χ1) is 9.22. The van der Waals surface area contributed by atoms with E-state index in [1.165, 1.54) is 0 Å². The Labute approximate surface area is 115 Å². The van der Waals surface area contributed by atoms with Crippen LogP contribution in [0.4, 0.5) is 0 Å². The van der Waals surface area contributed by atoms with E-state index in [0.29, 0.717) is 23.6 Å². The molecule has 1 rings (SSSR count). The molecule has 19 heavy (non-hydrogen) atoms. The van der Waals surface area contributed by atoms with Crippen LogP contribution in [0.2, 0.25) is 0 Å². The number of unbranched alkanes of at least 4 members (excludes halogenated alkanes) is 3. The molecule has 0 unspecified atom stereocenters. The molecule has 1 amide bonds. The van der Waals surface area contributed by atoms with Gasteiger partial charge in [-0.1, -0.05) is 26.2 Å². The minimum absolute atomic E-state index is 0.0874. The third-order valence-electron chi connectivity index (χ3n) is 2.86. The van der Waals surface area contributed by atoms with E-state index in [9.17, 15) is 4.79 Å². The van der Waals surface area contributed by atoms with Crippen molar-refractivity contribution in [1.82, 2.24) is 5.32 Å². The Morgan fingerprint density at radius 1 is 1.16 bits per heavy atom. The molecule has 0 fully saturated rings. The number of benzene rings is 1. The largest absolute Gasteiger partial charge is 0.493 e. The molecule has 0 saturated carbocycles. The van der Waals surface area contributed by atoms with Crippen LogP contribution in [0.3, 0.4) is 0 Å². The number of carbonyl (C=O) groups excluding carboxylic acids is 1. The maximum Gasteiger partial charge on any atom is 0.251 e. The first-order valence-electron chi connectivity index (χ1n) is 6.52. The molecule has 1 N–H and O–H groups in total. The molecule has 0 aromatic heterocycles. The molecular weight excluding hydrogens is 242 g/mol. The van der Waals surface area contributed by atoms with Crippen LogP contribution in [0, 0.1) is 6.92 Å². The van der Waals surface area contributed by atoms with E-state index in [1.54, 1.807) is 32.4 Å². The Hall–Kier alpha value is -1.71. The van der Waals surface area contributed by atoms with Gasteiger partial charge in [0.15, 0.2) is 11.5 Å². The highest BCUT2D eigenvalue weighted by molar-refractivity contribution is 5.94. The summed E-state index contributed by atoms with van der Waals surface area (Å²) < 4.78 is 10.3. The number of hydrogen-bond donors (Lipinski definition) is 1. The maximum atomic E-state index is 11.9. The summed E-state index contributed by atoms with van der Waals surface area (Å²) in [6.45, 7) is 4.48. The highest BCUT2D eigenvalue weighted by Gasteiger charge is 2.09. The molecule has 4 nitrogen and oxygen atoms in total. The Bertz CT molecular complexity index is 404. The summed E-state index contributed by atoms with van der Waals surface area (Å²) in [5.74, 6) is 1.09. The average molecular weight is 264 g/mol. The first-order valence-corrected chi connectivity index (χ1v) is 6.52. The van der Waals surface area contributed by atoms with Crippen molar-refractivity contribution in [3.05, 3.63) is 30.7 Å². The fraction of sp³-hybridized carbons (Fsp3) is 0.467. The minimum Gasteiger partial charge on any atom is -0.493 e. The molecule has 0 bridgehead atoms. The van der Waals surface area contributed by atoms with Gasteiger partial charge in [0.2, 0.25) is 0 Å². The molecule has 1 aromatic carbocycles. The molecule has 0 aliphatic carbocycles. The quantitative estimate of drug-likeness (QED) is 0.734. The van der Waals surface area contributed by atoms with E-state index < -0.39 is 0 Å². The lowest BCUT2D eigenvalue weighted by Crippen LogP contribution is -2.24. The molecule has 0 heterocycles. The maximum absolute atomic E-state index is 11.9. The summed E-state index contributed by atoms with van der Waals surface area (Å²) >= 11 is 0. The van der Waals surface area contributed by atoms with Gasteiger partial charge in [-0.15, -0.1) is 0 Å². The standard InChI is InChI=1S/C15H22NO3/c1-4-5-6-7-10-16-15(17)12-8-9-13(18-2)14(11-12)19-3/h8-9,11H,1,4-7,10H2,2-3H3,(H,16,17). The van der Waals surface area contributed by atoms with Crippen LogP contribution in [-0.2, 0) is 0 Å². The molecule has 0 saturated heterocycles. The lowest BCUT2D eigenvalue weighted by atomic mass is 10.1. The zero-order valence-electron chi connectivity index (χ0n) is 11.7. The molecule has 0 atom stereocenters. The van der Waals surface area contributed by atoms with E-state index in [2.05, 4.69) is 12.2 Å². The van der Waals surface area contributed by atoms with Crippen molar-refractivity contribution in [3.8, 4) is 11.5 Å². The molecule has 1 radical (unpaired) electrons. The van der Waals surface area contributed by atoms with Crippen molar-refractivity contribution >= 4 is 5.91 Å². The molecule has 1 aromatic rings. The zero-order valence-corrected chi connectivity index (χ0v) is 11.7. The number of nitrogens with one attached hydrogen (secondary N) is 1. The monoisotopic (exact) mass is 264 g/mol. The van der Waals surface area contributed by atoms with Crippen LogP contribution in [0.5, 0.6) is 11.5 Å². The van der Waals surface area contributed by atoms with E-state index in [-0.39, 0.29) is 5.91 Å². The van der Waals surface area contributed by atoms with Crippen LogP contribution in [-0.4, -0.2) is 26.7 Å². The van der Waals surface area contributed by atoms with Gasteiger partial charge in [0.05, 0.1) is 14.2 Å². The normalized spacial score (nSPS) is 10.1. The number of ether oxygens (including phenoxy) is 2. The van der Waals surface area contributed by atoms with Crippen LogP contribution < -0.4 is 14.8 Å². The summed E-state index contributed by atoms with van der Waals surface area (Å²) in [7, 11) is 3.12. The second kappa shape index (κ2) is 8.40. The van der Waals surface area contributed by atoms with Gasteiger partial charge in [-0.3, -0.25) is 4.79 Å². The third-order valence-corrected chi connectivity index (χ3v) is 2.86. The molecule has 4 heteroatoms. The van der Waals surface area contributed by atoms with Gasteiger partial charge in [0, 0.05) is 12.1 Å². The van der Waals surface area contributed by atoms with Crippen LogP contribution in [0.25, 0.3) is 0 Å². The van der Waals surface area contributed by atoms with Crippen molar-refractivity contribution in [2.75, 3.05) is 20.8 Å². The van der Waals surface area contributed by atoms with E-state index >= 15 is 0 Å². The lowest BCUT2D eigenvalue weighted by Gasteiger charge is -2.10. The van der Waals surface area contributed by atoms with Crippen molar-refractivity contribution in [2.24, 2.45) is 0 Å². The Balaban J connectivity index is 2.52. The number of carbonyl (C=O) groups is 1. The predicted octanol–water partition coefficient (Wildman–Crippen LogP) is 2.83. The molecule has 0 aliphatic rings. The minimum atomic E-state index is -0.0874. The smallest absolute Gasteiger partial charge is 0.251 e. The fourth-order valence-corrected chi connectivity index (χ4v) is 1.76. The van der Waals surface area contributed by atoms with Crippen LogP contribution >= 0.6 is 0 Å². The van der Waals surface area contributed by atoms with Gasteiger partial charge >= 0.3 is 0 Å². The second-order valence-electron chi connectivity index (χ2n) is 4.24. The summed E-state index contributed by atoms with van der Waals surface area (Å²) in [5, 5.41) is 2.89. The Morgan fingerprint density at radius 3 is 2.53 bits per heavy atom. The lowest BCUT2D eigenvalue weighted by molar-refractivity contribution is 0.0952. The number of amides is 1. The summed E-state index contributed by atoms with van der Waals surface area (Å²) in [5.41, 5.74) is 0.579. The van der Waals surface area contributed by atoms with Crippen molar-refractivity contribution < 1.29 is 14.3 Å². The van der Waals surface area contributed by atoms with Gasteiger partial charge in [-0.2, -0.15) is 0 Å². The van der Waals surface area contributed by atoms with Crippen molar-refractivity contribution in [2.45, 2.75) is 25.7 Å². The zero-order chi connectivity index (χ0) is 14.1. The molecule has 105 valence electrons. The second-order valence-corrected chi connectivity index (χ2v) is 4.24. The summed E-state index contributed by atoms with van der Waals surface area (Å²) in [6, 6.07) is 5.15. The SMILES string of the molecule is [CH2]CCCCCNC(=O)c1ccc(OC)c(OC)c1. The van der Waals surface area contributed by atoms with Gasteiger partial charge in [0.25, 0.3) is 5.91 Å². The first kappa shape index (κ1) is 15.3. The van der Waals surface area contributed by atoms with Crippen LogP contribution in [0.15, 0.2) is 18.2 Å². The van der Waals surface area contributed by atoms with Crippen LogP contribution in [0.1, 0.15) is 36.0 Å². The van der Waals surface area contributed by atoms with E-state index in [1.807, 2.05) is 0 Å². The third kappa shape index (κ3) is 4.81. The molecule has 0 spiro atoms. The fourth-order valence-electron chi connectivity index (χ4n) is 1.76. The number of methoxy groups -OCH3 is 2. The van der Waals surface area contributed by atoms with Gasteiger partial charge in [-0.25, -0.2) is 0 Å². The molecule has 0 aliphatic heterocycles. The van der Waals surface area contributed by atoms with Gasteiger partial charge < -0.3 is 14.8 Å². The van der Waals surface area contributed by atoms with Gasteiger partial charge in [-0.05, 0) is 24.6 Å². The number of rotatable bonds is 8. The highest BCUT2D eigenvalue weighted by atomic mass is 16.5. The van der Waals surface area contributed by atoms with E-state index in [4.69, 9.17) is 9.47 Å². The van der Waals surface area contributed by atoms with Crippen molar-refractivity contribution in [3.63, 3.8) is 0 Å². The van der Waals surface area contributed by atoms with E-state index in [0.717, 1.165) is 25.7 Å². The Morgan fingerprint density at radius 2 is 1.89 bits per heavy atom. The highest BCUT2D eigenvalue weighted by Crippen LogP contribution is 2.27. The molecular formula is C15H22NO3. The predicted molar refractivity (Wildman–Crippen MR) is 75.7 cm³/mol. The summed E-state index contributed by atoms with van der Waals surface area (Å²) in [6.07, 6.45) is 4.13. The Kier molecular flexibility index (Phi) is 6.79. The average Bonchev–Trinajstić information content (AvgIpc) is 2.46. The van der Waals surface area contributed by atoms with Gasteiger partial charge in [0.1, 0.15) is 0 Å². The number of hydrogen-bond acceptors (Lipinski definition) is 3. The van der Waals surface area contributed by atoms with Crippen molar-refractivity contribution in [1.29, 1.82) is 0 Å².